The second-order valence-corrected chi connectivity index (χ2v) is 4.45. The highest BCUT2D eigenvalue weighted by Gasteiger charge is 2.30. The summed E-state index contributed by atoms with van der Waals surface area (Å²) in [4.78, 5) is 13.3. The number of amidine groups is 1. The van der Waals surface area contributed by atoms with E-state index >= 15 is 0 Å². The minimum atomic E-state index is -4.41. The highest BCUT2D eigenvalue weighted by molar-refractivity contribution is 5.92. The van der Waals surface area contributed by atoms with Gasteiger partial charge in [0.15, 0.2) is 0 Å². The fraction of sp³-hybridized carbons (Fsp3) is 0.385. The maximum atomic E-state index is 12.4. The number of halogens is 3. The van der Waals surface area contributed by atoms with Crippen LogP contribution in [0.4, 0.5) is 23.7 Å². The molecule has 0 saturated carbocycles. The highest BCUT2D eigenvalue weighted by Crippen LogP contribution is 2.29. The van der Waals surface area contributed by atoms with E-state index in [1.807, 2.05) is 6.92 Å². The van der Waals surface area contributed by atoms with Crippen LogP contribution in [0.1, 0.15) is 18.9 Å². The fourth-order valence-corrected chi connectivity index (χ4v) is 1.67. The average Bonchev–Trinajstić information content (AvgIpc) is 2.37. The van der Waals surface area contributed by atoms with Gasteiger partial charge >= 0.3 is 12.2 Å². The third-order valence-corrected chi connectivity index (χ3v) is 2.61. The molecule has 0 unspecified atom stereocenters. The number of nitrogens with zero attached hydrogens (tertiary/aromatic N) is 1. The number of benzene rings is 1. The average molecular weight is 302 g/mol. The predicted octanol–water partition coefficient (Wildman–Crippen LogP) is 2.89. The van der Waals surface area contributed by atoms with Crippen LogP contribution in [0.2, 0.25) is 0 Å². The molecule has 2 amide bonds. The lowest BCUT2D eigenvalue weighted by Gasteiger charge is -2.21. The van der Waals surface area contributed by atoms with Crippen molar-refractivity contribution in [2.24, 2.45) is 5.73 Å². The standard InChI is InChI=1S/C13H17F3N4O/c1-2-7-20(8-11(17)18)12(21)19-10-5-3-9(4-6-10)13(14,15)16/h3-6H,2,7-8H2,1H3,(H3,17,18)(H,19,21). The van der Waals surface area contributed by atoms with Crippen LogP contribution in [-0.4, -0.2) is 29.9 Å². The molecule has 0 saturated heterocycles. The Bertz CT molecular complexity index is 499. The third-order valence-electron chi connectivity index (χ3n) is 2.61. The first-order valence-electron chi connectivity index (χ1n) is 6.30. The van der Waals surface area contributed by atoms with Crippen LogP contribution in [0.25, 0.3) is 0 Å². The minimum absolute atomic E-state index is 0.0275. The summed E-state index contributed by atoms with van der Waals surface area (Å²) in [6.45, 7) is 2.23. The molecule has 1 rings (SSSR count). The molecule has 4 N–H and O–H groups in total. The van der Waals surface area contributed by atoms with E-state index < -0.39 is 17.8 Å². The first-order chi connectivity index (χ1) is 9.74. The van der Waals surface area contributed by atoms with Gasteiger partial charge < -0.3 is 16.0 Å². The Labute approximate surface area is 120 Å². The lowest BCUT2D eigenvalue weighted by atomic mass is 10.2. The number of nitrogens with one attached hydrogen (secondary N) is 2. The van der Waals surface area contributed by atoms with Crippen molar-refractivity contribution < 1.29 is 18.0 Å². The zero-order chi connectivity index (χ0) is 16.0. The summed E-state index contributed by atoms with van der Waals surface area (Å²) >= 11 is 0. The van der Waals surface area contributed by atoms with Crippen molar-refractivity contribution in [2.45, 2.75) is 19.5 Å². The van der Waals surface area contributed by atoms with E-state index in [0.717, 1.165) is 12.1 Å². The van der Waals surface area contributed by atoms with Gasteiger partial charge in [0.25, 0.3) is 0 Å². The SMILES string of the molecule is CCCN(CC(=N)N)C(=O)Nc1ccc(C(F)(F)F)cc1. The molecule has 0 heterocycles. The van der Waals surface area contributed by atoms with Crippen LogP contribution in [0, 0.1) is 5.41 Å². The van der Waals surface area contributed by atoms with Gasteiger partial charge in [-0.05, 0) is 30.7 Å². The molecular weight excluding hydrogens is 285 g/mol. The largest absolute Gasteiger partial charge is 0.416 e. The number of anilines is 1. The van der Waals surface area contributed by atoms with Gasteiger partial charge in [0.1, 0.15) is 5.84 Å². The first kappa shape index (κ1) is 16.8. The normalized spacial score (nSPS) is 11.0. The van der Waals surface area contributed by atoms with Crippen molar-refractivity contribution in [3.63, 3.8) is 0 Å². The van der Waals surface area contributed by atoms with Gasteiger partial charge in [0, 0.05) is 12.2 Å². The summed E-state index contributed by atoms with van der Waals surface area (Å²) in [7, 11) is 0. The second-order valence-electron chi connectivity index (χ2n) is 4.45. The second kappa shape index (κ2) is 6.96. The molecular formula is C13H17F3N4O. The van der Waals surface area contributed by atoms with Gasteiger partial charge in [-0.25, -0.2) is 4.79 Å². The molecule has 0 bridgehead atoms. The van der Waals surface area contributed by atoms with Crippen molar-refractivity contribution in [1.29, 1.82) is 5.41 Å². The number of rotatable bonds is 5. The Hall–Kier alpha value is -2.25. The molecule has 116 valence electrons. The van der Waals surface area contributed by atoms with Gasteiger partial charge in [0.05, 0.1) is 12.1 Å². The maximum Gasteiger partial charge on any atom is 0.416 e. The quantitative estimate of drug-likeness (QED) is 0.577. The smallest absolute Gasteiger partial charge is 0.386 e. The van der Waals surface area contributed by atoms with E-state index in [0.29, 0.717) is 13.0 Å². The van der Waals surface area contributed by atoms with Crippen molar-refractivity contribution in [1.82, 2.24) is 4.90 Å². The number of nitrogens with two attached hydrogens (primary N) is 1. The summed E-state index contributed by atoms with van der Waals surface area (Å²) in [6, 6.07) is 3.64. The van der Waals surface area contributed by atoms with E-state index in [1.54, 1.807) is 0 Å². The predicted molar refractivity (Wildman–Crippen MR) is 74.2 cm³/mol. The zero-order valence-corrected chi connectivity index (χ0v) is 11.5. The Balaban J connectivity index is 2.74. The third kappa shape index (κ3) is 5.33. The van der Waals surface area contributed by atoms with E-state index in [9.17, 15) is 18.0 Å². The van der Waals surface area contributed by atoms with E-state index in [2.05, 4.69) is 5.32 Å². The molecule has 0 aromatic heterocycles. The topological polar surface area (TPSA) is 82.2 Å². The molecule has 0 fully saturated rings. The van der Waals surface area contributed by atoms with Crippen LogP contribution in [-0.2, 0) is 6.18 Å². The lowest BCUT2D eigenvalue weighted by Crippen LogP contribution is -2.41. The molecule has 0 aliphatic heterocycles. The molecule has 8 heteroatoms. The summed E-state index contributed by atoms with van der Waals surface area (Å²) < 4.78 is 37.3. The Morgan fingerprint density at radius 2 is 1.90 bits per heavy atom. The van der Waals surface area contributed by atoms with Crippen LogP contribution in [0.15, 0.2) is 24.3 Å². The number of carbonyl (C=O) groups excluding carboxylic acids is 1. The van der Waals surface area contributed by atoms with E-state index in [1.165, 1.54) is 17.0 Å². The first-order valence-corrected chi connectivity index (χ1v) is 6.30. The summed E-state index contributed by atoms with van der Waals surface area (Å²) in [5.74, 6) is -0.161. The minimum Gasteiger partial charge on any atom is -0.386 e. The molecule has 1 aromatic carbocycles. The maximum absolute atomic E-state index is 12.4. The number of amides is 2. The molecule has 1 aromatic rings. The number of hydrogen-bond acceptors (Lipinski definition) is 2. The van der Waals surface area contributed by atoms with Gasteiger partial charge in [-0.2, -0.15) is 13.2 Å². The number of urea groups is 1. The molecule has 0 spiro atoms. The van der Waals surface area contributed by atoms with Crippen LogP contribution in [0.5, 0.6) is 0 Å². The van der Waals surface area contributed by atoms with Crippen LogP contribution in [0.3, 0.4) is 0 Å². The van der Waals surface area contributed by atoms with Gasteiger partial charge in [-0.3, -0.25) is 5.41 Å². The van der Waals surface area contributed by atoms with E-state index in [-0.39, 0.29) is 18.1 Å². The number of hydrogen-bond donors (Lipinski definition) is 3. The number of carbonyl (C=O) groups is 1. The molecule has 0 aliphatic rings. The monoisotopic (exact) mass is 302 g/mol. The molecule has 21 heavy (non-hydrogen) atoms. The number of alkyl halides is 3. The molecule has 0 aliphatic carbocycles. The summed E-state index contributed by atoms with van der Waals surface area (Å²) in [5.41, 5.74) is 4.72. The Kier molecular flexibility index (Phi) is 5.57. The van der Waals surface area contributed by atoms with Crippen LogP contribution >= 0.6 is 0 Å². The van der Waals surface area contributed by atoms with E-state index in [4.69, 9.17) is 11.1 Å². The molecule has 0 radical (unpaired) electrons. The van der Waals surface area contributed by atoms with Crippen molar-refractivity contribution in [2.75, 3.05) is 18.4 Å². The van der Waals surface area contributed by atoms with Gasteiger partial charge in [0.2, 0.25) is 0 Å². The molecule has 0 atom stereocenters. The van der Waals surface area contributed by atoms with Crippen molar-refractivity contribution in [3.8, 4) is 0 Å². The zero-order valence-electron chi connectivity index (χ0n) is 11.5. The van der Waals surface area contributed by atoms with Crippen LogP contribution < -0.4 is 11.1 Å². The fourth-order valence-electron chi connectivity index (χ4n) is 1.67. The Morgan fingerprint density at radius 1 is 1.33 bits per heavy atom. The summed E-state index contributed by atoms with van der Waals surface area (Å²) in [6.07, 6.45) is -3.74. The lowest BCUT2D eigenvalue weighted by molar-refractivity contribution is -0.137. The Morgan fingerprint density at radius 3 is 2.33 bits per heavy atom. The highest BCUT2D eigenvalue weighted by atomic mass is 19.4. The van der Waals surface area contributed by atoms with Gasteiger partial charge in [-0.15, -0.1) is 0 Å². The van der Waals surface area contributed by atoms with Gasteiger partial charge in [-0.1, -0.05) is 6.92 Å². The summed E-state index contributed by atoms with van der Waals surface area (Å²) in [5, 5.41) is 9.68. The van der Waals surface area contributed by atoms with Crippen molar-refractivity contribution >= 4 is 17.6 Å². The molecule has 5 nitrogen and oxygen atoms in total. The van der Waals surface area contributed by atoms with Crippen molar-refractivity contribution in [3.05, 3.63) is 29.8 Å².